The van der Waals surface area contributed by atoms with Crippen LogP contribution >= 0.6 is 0 Å². The number of methoxy groups -OCH3 is 1. The number of hydrogen-bond acceptors (Lipinski definition) is 4. The Hall–Kier alpha value is -2.15. The van der Waals surface area contributed by atoms with Crippen molar-refractivity contribution in [3.63, 3.8) is 0 Å². The zero-order chi connectivity index (χ0) is 16.9. The fraction of sp³-hybridized carbons (Fsp3) is 0.562. The van der Waals surface area contributed by atoms with E-state index in [0.717, 1.165) is 0 Å². The Labute approximate surface area is 134 Å². The largest absolute Gasteiger partial charge is 0.481 e. The van der Waals surface area contributed by atoms with Crippen LogP contribution in [0.3, 0.4) is 0 Å². The summed E-state index contributed by atoms with van der Waals surface area (Å²) in [6, 6.07) is 3.05. The first-order valence-electron chi connectivity index (χ1n) is 7.69. The Bertz CT molecular complexity index is 627. The molecular formula is C16H22N2O5. The maximum Gasteiger partial charge on any atom is 0.311 e. The Balaban J connectivity index is 2.18. The van der Waals surface area contributed by atoms with Gasteiger partial charge in [0.2, 0.25) is 0 Å². The molecule has 7 heteroatoms. The SMILES string of the molecule is COCCC[C@@]1(C(=O)O)CCCN(C(=O)c2ccc[nH]c2=O)C1. The Morgan fingerprint density at radius 3 is 2.91 bits per heavy atom. The number of aliphatic carboxylic acids is 1. The summed E-state index contributed by atoms with van der Waals surface area (Å²) in [5.41, 5.74) is -1.37. The van der Waals surface area contributed by atoms with Gasteiger partial charge in [0, 0.05) is 33.0 Å². The number of hydrogen-bond donors (Lipinski definition) is 2. The van der Waals surface area contributed by atoms with E-state index in [4.69, 9.17) is 4.74 Å². The summed E-state index contributed by atoms with van der Waals surface area (Å²) >= 11 is 0. The molecule has 7 nitrogen and oxygen atoms in total. The van der Waals surface area contributed by atoms with E-state index in [1.54, 1.807) is 13.2 Å². The third-order valence-corrected chi connectivity index (χ3v) is 4.37. The highest BCUT2D eigenvalue weighted by Gasteiger charge is 2.43. The van der Waals surface area contributed by atoms with Gasteiger partial charge in [-0.25, -0.2) is 0 Å². The molecule has 23 heavy (non-hydrogen) atoms. The first-order chi connectivity index (χ1) is 11.0. The van der Waals surface area contributed by atoms with Gasteiger partial charge in [0.25, 0.3) is 11.5 Å². The molecule has 1 atom stereocenters. The van der Waals surface area contributed by atoms with E-state index in [1.807, 2.05) is 0 Å². The molecule has 2 heterocycles. The number of carboxylic acid groups (broad SMARTS) is 1. The van der Waals surface area contributed by atoms with Gasteiger partial charge in [-0.2, -0.15) is 0 Å². The van der Waals surface area contributed by atoms with E-state index in [1.165, 1.54) is 17.2 Å². The van der Waals surface area contributed by atoms with Crippen molar-refractivity contribution in [2.24, 2.45) is 5.41 Å². The van der Waals surface area contributed by atoms with Crippen LogP contribution < -0.4 is 5.56 Å². The second-order valence-corrected chi connectivity index (χ2v) is 5.93. The standard InChI is InChI=1S/C16H22N2O5/c1-23-10-4-7-16(15(21)22)6-3-9-18(11-16)14(20)12-5-2-8-17-13(12)19/h2,5,8H,3-4,6-7,9-11H2,1H3,(H,17,19)(H,21,22)/t16-/m0/s1. The monoisotopic (exact) mass is 322 g/mol. The van der Waals surface area contributed by atoms with Crippen molar-refractivity contribution < 1.29 is 19.4 Å². The molecule has 0 saturated carbocycles. The minimum absolute atomic E-state index is 0.0468. The smallest absolute Gasteiger partial charge is 0.311 e. The summed E-state index contributed by atoms with van der Waals surface area (Å²) in [5, 5.41) is 9.67. The molecule has 1 aromatic heterocycles. The van der Waals surface area contributed by atoms with E-state index in [2.05, 4.69) is 4.98 Å². The predicted molar refractivity (Wildman–Crippen MR) is 83.4 cm³/mol. The van der Waals surface area contributed by atoms with Gasteiger partial charge in [0.05, 0.1) is 5.41 Å². The molecule has 2 N–H and O–H groups in total. The molecule has 1 saturated heterocycles. The summed E-state index contributed by atoms with van der Waals surface area (Å²) in [6.45, 7) is 1.08. The summed E-state index contributed by atoms with van der Waals surface area (Å²) in [4.78, 5) is 40.1. The Morgan fingerprint density at radius 1 is 1.48 bits per heavy atom. The molecule has 1 aliphatic rings. The van der Waals surface area contributed by atoms with Gasteiger partial charge < -0.3 is 19.7 Å². The number of aromatic amines is 1. The lowest BCUT2D eigenvalue weighted by Gasteiger charge is -2.40. The van der Waals surface area contributed by atoms with Crippen LogP contribution in [0.25, 0.3) is 0 Å². The van der Waals surface area contributed by atoms with E-state index in [9.17, 15) is 19.5 Å². The zero-order valence-electron chi connectivity index (χ0n) is 13.2. The molecule has 2 rings (SSSR count). The quantitative estimate of drug-likeness (QED) is 0.764. The number of carbonyl (C=O) groups is 2. The number of ether oxygens (including phenoxy) is 1. The second-order valence-electron chi connectivity index (χ2n) is 5.93. The molecule has 0 aliphatic carbocycles. The van der Waals surface area contributed by atoms with Crippen molar-refractivity contribution in [1.82, 2.24) is 9.88 Å². The summed E-state index contributed by atoms with van der Waals surface area (Å²) < 4.78 is 5.00. The Kier molecular flexibility index (Phi) is 5.54. The third-order valence-electron chi connectivity index (χ3n) is 4.37. The predicted octanol–water partition coefficient (Wildman–Crippen LogP) is 1.11. The average molecular weight is 322 g/mol. The van der Waals surface area contributed by atoms with Crippen LogP contribution in [0.15, 0.2) is 23.1 Å². The molecular weight excluding hydrogens is 300 g/mol. The molecule has 1 fully saturated rings. The molecule has 0 spiro atoms. The molecule has 1 aromatic rings. The van der Waals surface area contributed by atoms with Crippen LogP contribution in [-0.2, 0) is 9.53 Å². The molecule has 0 unspecified atom stereocenters. The lowest BCUT2D eigenvalue weighted by molar-refractivity contribution is -0.152. The number of aromatic nitrogens is 1. The molecule has 1 amide bonds. The number of piperidine rings is 1. The van der Waals surface area contributed by atoms with Gasteiger partial charge in [-0.05, 0) is 37.8 Å². The average Bonchev–Trinajstić information content (AvgIpc) is 2.55. The van der Waals surface area contributed by atoms with E-state index in [-0.39, 0.29) is 12.1 Å². The second kappa shape index (κ2) is 7.41. The van der Waals surface area contributed by atoms with Gasteiger partial charge >= 0.3 is 5.97 Å². The van der Waals surface area contributed by atoms with Crippen molar-refractivity contribution in [3.8, 4) is 0 Å². The Morgan fingerprint density at radius 2 is 2.26 bits per heavy atom. The van der Waals surface area contributed by atoms with Crippen molar-refractivity contribution in [2.45, 2.75) is 25.7 Å². The fourth-order valence-electron chi connectivity index (χ4n) is 3.11. The number of carboxylic acids is 1. The number of nitrogens with zero attached hydrogens (tertiary/aromatic N) is 1. The molecule has 126 valence electrons. The third kappa shape index (κ3) is 3.79. The number of H-pyrrole nitrogens is 1. The van der Waals surface area contributed by atoms with E-state index >= 15 is 0 Å². The zero-order valence-corrected chi connectivity index (χ0v) is 13.2. The van der Waals surface area contributed by atoms with Crippen molar-refractivity contribution in [1.29, 1.82) is 0 Å². The van der Waals surface area contributed by atoms with Gasteiger partial charge in [-0.1, -0.05) is 0 Å². The summed E-state index contributed by atoms with van der Waals surface area (Å²) in [5.74, 6) is -1.31. The van der Waals surface area contributed by atoms with Gasteiger partial charge in [0.1, 0.15) is 5.56 Å². The van der Waals surface area contributed by atoms with E-state index < -0.39 is 22.9 Å². The number of rotatable bonds is 6. The van der Waals surface area contributed by atoms with Gasteiger partial charge in [-0.3, -0.25) is 14.4 Å². The van der Waals surface area contributed by atoms with Crippen LogP contribution in [0.2, 0.25) is 0 Å². The minimum Gasteiger partial charge on any atom is -0.481 e. The molecule has 0 aromatic carbocycles. The maximum absolute atomic E-state index is 12.5. The first kappa shape index (κ1) is 17.2. The fourth-order valence-corrected chi connectivity index (χ4v) is 3.11. The van der Waals surface area contributed by atoms with E-state index in [0.29, 0.717) is 38.8 Å². The molecule has 1 aliphatic heterocycles. The van der Waals surface area contributed by atoms with Gasteiger partial charge in [0.15, 0.2) is 0 Å². The summed E-state index contributed by atoms with van der Waals surface area (Å²) in [7, 11) is 1.58. The van der Waals surface area contributed by atoms with Crippen LogP contribution in [0.5, 0.6) is 0 Å². The lowest BCUT2D eigenvalue weighted by Crippen LogP contribution is -2.50. The highest BCUT2D eigenvalue weighted by molar-refractivity contribution is 5.94. The highest BCUT2D eigenvalue weighted by Crippen LogP contribution is 2.35. The van der Waals surface area contributed by atoms with Crippen LogP contribution in [0.1, 0.15) is 36.0 Å². The minimum atomic E-state index is -0.964. The first-order valence-corrected chi connectivity index (χ1v) is 7.69. The number of carbonyl (C=O) groups excluding carboxylic acids is 1. The molecule has 0 radical (unpaired) electrons. The topological polar surface area (TPSA) is 99.7 Å². The highest BCUT2D eigenvalue weighted by atomic mass is 16.5. The van der Waals surface area contributed by atoms with Crippen LogP contribution in [-0.4, -0.2) is 53.7 Å². The number of pyridine rings is 1. The summed E-state index contributed by atoms with van der Waals surface area (Å²) in [6.07, 6.45) is 3.67. The normalized spacial score (nSPS) is 21.2. The van der Waals surface area contributed by atoms with Crippen molar-refractivity contribution in [3.05, 3.63) is 34.2 Å². The van der Waals surface area contributed by atoms with Crippen LogP contribution in [0.4, 0.5) is 0 Å². The lowest BCUT2D eigenvalue weighted by atomic mass is 9.76. The number of amides is 1. The number of likely N-dealkylation sites (tertiary alicyclic amines) is 1. The van der Waals surface area contributed by atoms with Gasteiger partial charge in [-0.15, -0.1) is 0 Å². The molecule has 0 bridgehead atoms. The van der Waals surface area contributed by atoms with Crippen LogP contribution in [0, 0.1) is 5.41 Å². The maximum atomic E-state index is 12.5. The van der Waals surface area contributed by atoms with Crippen molar-refractivity contribution in [2.75, 3.05) is 26.8 Å². The number of nitrogens with one attached hydrogen (secondary N) is 1. The van der Waals surface area contributed by atoms with Crippen molar-refractivity contribution >= 4 is 11.9 Å².